The summed E-state index contributed by atoms with van der Waals surface area (Å²) in [5.41, 5.74) is 3.41. The lowest BCUT2D eigenvalue weighted by atomic mass is 9.96. The van der Waals surface area contributed by atoms with Crippen LogP contribution in [-0.4, -0.2) is 12.6 Å². The van der Waals surface area contributed by atoms with Gasteiger partial charge in [0.1, 0.15) is 5.58 Å². The molecule has 1 aromatic carbocycles. The molecule has 4 heteroatoms. The second-order valence-electron chi connectivity index (χ2n) is 4.44. The summed E-state index contributed by atoms with van der Waals surface area (Å²) in [4.78, 5) is 0. The van der Waals surface area contributed by atoms with Crippen molar-refractivity contribution in [1.82, 2.24) is 5.32 Å². The van der Waals surface area contributed by atoms with Crippen LogP contribution in [0.5, 0.6) is 0 Å². The highest BCUT2D eigenvalue weighted by atomic mass is 35.5. The first-order valence-corrected chi connectivity index (χ1v) is 6.23. The van der Waals surface area contributed by atoms with Crippen molar-refractivity contribution in [2.75, 3.05) is 6.54 Å². The lowest BCUT2D eigenvalue weighted by molar-refractivity contribution is 0.608. The summed E-state index contributed by atoms with van der Waals surface area (Å²) < 4.78 is 5.57. The van der Waals surface area contributed by atoms with Crippen molar-refractivity contribution >= 4 is 40.6 Å². The summed E-state index contributed by atoms with van der Waals surface area (Å²) in [6.07, 6.45) is 4.99. The van der Waals surface area contributed by atoms with Crippen molar-refractivity contribution in [1.29, 1.82) is 0 Å². The fourth-order valence-corrected chi connectivity index (χ4v) is 2.60. The minimum Gasteiger partial charge on any atom is -0.464 e. The van der Waals surface area contributed by atoms with Crippen molar-refractivity contribution < 1.29 is 4.42 Å². The van der Waals surface area contributed by atoms with Gasteiger partial charge in [-0.25, -0.2) is 0 Å². The Morgan fingerprint density at radius 2 is 2.17 bits per heavy atom. The minimum absolute atomic E-state index is 0. The van der Waals surface area contributed by atoms with E-state index in [1.54, 1.807) is 6.26 Å². The molecule has 1 N–H and O–H groups in total. The Kier molecular flexibility index (Phi) is 4.00. The zero-order valence-corrected chi connectivity index (χ0v) is 11.6. The van der Waals surface area contributed by atoms with Gasteiger partial charge in [0.05, 0.1) is 11.3 Å². The van der Waals surface area contributed by atoms with Crippen molar-refractivity contribution in [2.45, 2.75) is 19.4 Å². The summed E-state index contributed by atoms with van der Waals surface area (Å²) in [7, 11) is 0. The Morgan fingerprint density at radius 1 is 1.33 bits per heavy atom. The Morgan fingerprint density at radius 3 is 2.94 bits per heavy atom. The average molecular weight is 284 g/mol. The molecule has 0 saturated heterocycles. The van der Waals surface area contributed by atoms with Crippen molar-refractivity contribution in [3.8, 4) is 0 Å². The first kappa shape index (κ1) is 13.5. The van der Waals surface area contributed by atoms with E-state index in [1.165, 1.54) is 11.1 Å². The SMILES string of the molecule is CC1C=C(c2ccc(Cl)c3ccoc23)CCN1.Cl. The Labute approximate surface area is 117 Å². The Balaban J connectivity index is 0.00000120. The molecule has 96 valence electrons. The van der Waals surface area contributed by atoms with Crippen LogP contribution >= 0.6 is 24.0 Å². The quantitative estimate of drug-likeness (QED) is 0.845. The van der Waals surface area contributed by atoms with Gasteiger partial charge in [-0.05, 0) is 43.7 Å². The number of benzene rings is 1. The lowest BCUT2D eigenvalue weighted by Gasteiger charge is -2.20. The number of hydrogen-bond donors (Lipinski definition) is 1. The highest BCUT2D eigenvalue weighted by molar-refractivity contribution is 6.35. The predicted octanol–water partition coefficient (Wildman–Crippen LogP) is 4.27. The molecule has 18 heavy (non-hydrogen) atoms. The topological polar surface area (TPSA) is 25.2 Å². The number of fused-ring (bicyclic) bond motifs is 1. The van der Waals surface area contributed by atoms with Gasteiger partial charge in [-0.15, -0.1) is 12.4 Å². The van der Waals surface area contributed by atoms with Crippen molar-refractivity contribution in [3.63, 3.8) is 0 Å². The third-order valence-electron chi connectivity index (χ3n) is 3.22. The van der Waals surface area contributed by atoms with Gasteiger partial charge in [-0.1, -0.05) is 17.7 Å². The van der Waals surface area contributed by atoms with Crippen molar-refractivity contribution in [3.05, 3.63) is 41.1 Å². The molecule has 1 aliphatic rings. The molecular weight excluding hydrogens is 269 g/mol. The number of halogens is 2. The van der Waals surface area contributed by atoms with Crippen molar-refractivity contribution in [2.24, 2.45) is 0 Å². The minimum atomic E-state index is 0. The molecule has 0 spiro atoms. The molecule has 2 aromatic rings. The summed E-state index contributed by atoms with van der Waals surface area (Å²) in [6.45, 7) is 3.17. The van der Waals surface area contributed by atoms with Gasteiger partial charge in [0.2, 0.25) is 0 Å². The highest BCUT2D eigenvalue weighted by Crippen LogP contribution is 2.33. The monoisotopic (exact) mass is 283 g/mol. The Bertz CT molecular complexity index is 588. The van der Waals surface area contributed by atoms with E-state index in [0.717, 1.165) is 29.0 Å². The number of rotatable bonds is 1. The standard InChI is InChI=1S/C14H14ClNO.ClH/c1-9-8-10(4-6-16-9)11-2-3-13(15)12-5-7-17-14(11)12;/h2-3,5,7-9,16H,4,6H2,1H3;1H. The number of hydrogen-bond acceptors (Lipinski definition) is 2. The first-order valence-electron chi connectivity index (χ1n) is 5.86. The van der Waals surface area contributed by atoms with Crippen LogP contribution in [0.15, 0.2) is 35.0 Å². The molecule has 0 bridgehead atoms. The van der Waals surface area contributed by atoms with E-state index < -0.39 is 0 Å². The number of furan rings is 1. The van der Waals surface area contributed by atoms with Crippen LogP contribution in [0.25, 0.3) is 16.5 Å². The maximum atomic E-state index is 6.15. The Hall–Kier alpha value is -0.960. The van der Waals surface area contributed by atoms with Gasteiger partial charge in [-0.2, -0.15) is 0 Å². The summed E-state index contributed by atoms with van der Waals surface area (Å²) >= 11 is 6.15. The van der Waals surface area contributed by atoms with Crippen LogP contribution in [0.1, 0.15) is 18.9 Å². The van der Waals surface area contributed by atoms with Gasteiger partial charge < -0.3 is 9.73 Å². The molecule has 1 aliphatic heterocycles. The highest BCUT2D eigenvalue weighted by Gasteiger charge is 2.15. The van der Waals surface area contributed by atoms with E-state index in [9.17, 15) is 0 Å². The van der Waals surface area contributed by atoms with Crippen LogP contribution in [0.2, 0.25) is 5.02 Å². The fraction of sp³-hybridized carbons (Fsp3) is 0.286. The fourth-order valence-electron chi connectivity index (χ4n) is 2.38. The summed E-state index contributed by atoms with van der Waals surface area (Å²) in [5.74, 6) is 0. The third-order valence-corrected chi connectivity index (χ3v) is 3.55. The van der Waals surface area contributed by atoms with E-state index in [4.69, 9.17) is 16.0 Å². The van der Waals surface area contributed by atoms with Crippen LogP contribution in [0.3, 0.4) is 0 Å². The largest absolute Gasteiger partial charge is 0.464 e. The summed E-state index contributed by atoms with van der Waals surface area (Å²) in [5, 5.41) is 5.15. The van der Waals surface area contributed by atoms with E-state index in [-0.39, 0.29) is 12.4 Å². The molecule has 0 aliphatic carbocycles. The second kappa shape index (κ2) is 5.35. The van der Waals surface area contributed by atoms with E-state index in [0.29, 0.717) is 6.04 Å². The van der Waals surface area contributed by atoms with Gasteiger partial charge in [0.15, 0.2) is 0 Å². The third kappa shape index (κ3) is 2.28. The lowest BCUT2D eigenvalue weighted by Crippen LogP contribution is -2.29. The maximum Gasteiger partial charge on any atom is 0.142 e. The summed E-state index contributed by atoms with van der Waals surface area (Å²) in [6, 6.07) is 6.34. The average Bonchev–Trinajstić information content (AvgIpc) is 2.79. The second-order valence-corrected chi connectivity index (χ2v) is 4.85. The molecule has 0 radical (unpaired) electrons. The molecule has 2 nitrogen and oxygen atoms in total. The van der Waals surface area contributed by atoms with E-state index in [1.807, 2.05) is 12.1 Å². The molecule has 1 atom stereocenters. The molecule has 0 fully saturated rings. The molecule has 0 amide bonds. The van der Waals surface area contributed by atoms with Gasteiger partial charge in [0, 0.05) is 17.0 Å². The van der Waals surface area contributed by atoms with E-state index >= 15 is 0 Å². The van der Waals surface area contributed by atoms with E-state index in [2.05, 4.69) is 24.4 Å². The smallest absolute Gasteiger partial charge is 0.142 e. The van der Waals surface area contributed by atoms with Gasteiger partial charge in [0.25, 0.3) is 0 Å². The molecule has 2 heterocycles. The first-order chi connectivity index (χ1) is 8.25. The molecule has 0 saturated carbocycles. The van der Waals surface area contributed by atoms with Gasteiger partial charge >= 0.3 is 0 Å². The molecule has 1 aromatic heterocycles. The normalized spacial score (nSPS) is 19.4. The molecule has 3 rings (SSSR count). The maximum absolute atomic E-state index is 6.15. The van der Waals surface area contributed by atoms with Crippen LogP contribution in [-0.2, 0) is 0 Å². The molecular formula is C14H15Cl2NO. The van der Waals surface area contributed by atoms with Crippen LogP contribution < -0.4 is 5.32 Å². The predicted molar refractivity (Wildman–Crippen MR) is 78.5 cm³/mol. The zero-order valence-electron chi connectivity index (χ0n) is 10.1. The zero-order chi connectivity index (χ0) is 11.8. The number of nitrogens with one attached hydrogen (secondary N) is 1. The molecule has 1 unspecified atom stereocenters. The van der Waals surface area contributed by atoms with Gasteiger partial charge in [-0.3, -0.25) is 0 Å². The van der Waals surface area contributed by atoms with Crippen LogP contribution in [0, 0.1) is 0 Å². The van der Waals surface area contributed by atoms with Crippen LogP contribution in [0.4, 0.5) is 0 Å².